The predicted octanol–water partition coefficient (Wildman–Crippen LogP) is 3.49. The van der Waals surface area contributed by atoms with Crippen molar-refractivity contribution in [3.63, 3.8) is 0 Å². The molecule has 0 radical (unpaired) electrons. The van der Waals surface area contributed by atoms with Crippen molar-refractivity contribution in [2.24, 2.45) is 10.9 Å². The van der Waals surface area contributed by atoms with Crippen LogP contribution in [0.2, 0.25) is 5.02 Å². The average molecular weight is 313 g/mol. The number of hydrogen-bond donors (Lipinski definition) is 1. The lowest BCUT2D eigenvalue weighted by molar-refractivity contribution is -0.142. The Bertz CT molecular complexity index is 496. The van der Waals surface area contributed by atoms with Gasteiger partial charge in [-0.25, -0.2) is 4.99 Å². The normalized spacial score (nSPS) is 17.3. The van der Waals surface area contributed by atoms with Gasteiger partial charge in [-0.05, 0) is 43.4 Å². The van der Waals surface area contributed by atoms with Crippen molar-refractivity contribution in [1.29, 1.82) is 0 Å². The minimum absolute atomic E-state index is 0.218. The van der Waals surface area contributed by atoms with Crippen LogP contribution in [0.5, 0.6) is 0 Å². The highest BCUT2D eigenvalue weighted by molar-refractivity contribution is 8.13. The quantitative estimate of drug-likeness (QED) is 0.671. The van der Waals surface area contributed by atoms with E-state index in [0.29, 0.717) is 17.9 Å². The molecule has 1 aliphatic rings. The van der Waals surface area contributed by atoms with Gasteiger partial charge in [0, 0.05) is 18.1 Å². The highest BCUT2D eigenvalue weighted by atomic mass is 35.5. The van der Waals surface area contributed by atoms with Gasteiger partial charge in [0.1, 0.15) is 0 Å². The van der Waals surface area contributed by atoms with Gasteiger partial charge in [-0.1, -0.05) is 23.4 Å². The Morgan fingerprint density at radius 2 is 1.95 bits per heavy atom. The standard InChI is InChI=1S/C14H17ClN2O2S/c1-20-14(16-12-4-2-11(15)3-5-12)17-8-6-10(7-9-17)13(18)19/h2-5,10H,6-9H2,1H3,(H,18,19). The molecule has 0 amide bonds. The van der Waals surface area contributed by atoms with Crippen molar-refractivity contribution in [3.05, 3.63) is 29.3 Å². The molecule has 0 aliphatic carbocycles. The van der Waals surface area contributed by atoms with E-state index in [2.05, 4.69) is 9.89 Å². The van der Waals surface area contributed by atoms with E-state index in [1.165, 1.54) is 0 Å². The Labute approximate surface area is 127 Å². The molecular formula is C14H17ClN2O2S. The van der Waals surface area contributed by atoms with Crippen molar-refractivity contribution < 1.29 is 9.90 Å². The first-order valence-corrected chi connectivity index (χ1v) is 8.06. The van der Waals surface area contributed by atoms with Crippen LogP contribution in [0.4, 0.5) is 5.69 Å². The second-order valence-corrected chi connectivity index (χ2v) is 5.88. The molecule has 1 fully saturated rings. The fourth-order valence-electron chi connectivity index (χ4n) is 2.19. The number of halogens is 1. The van der Waals surface area contributed by atoms with Crippen LogP contribution >= 0.6 is 23.4 Å². The third-order valence-corrected chi connectivity index (χ3v) is 4.32. The number of benzene rings is 1. The molecule has 1 saturated heterocycles. The summed E-state index contributed by atoms with van der Waals surface area (Å²) in [7, 11) is 0. The maximum absolute atomic E-state index is 11.0. The molecule has 0 atom stereocenters. The van der Waals surface area contributed by atoms with Gasteiger partial charge in [0.15, 0.2) is 5.17 Å². The maximum Gasteiger partial charge on any atom is 0.306 e. The highest BCUT2D eigenvalue weighted by Gasteiger charge is 2.25. The SMILES string of the molecule is CSC(=Nc1ccc(Cl)cc1)N1CCC(C(=O)O)CC1. The van der Waals surface area contributed by atoms with E-state index < -0.39 is 5.97 Å². The number of carbonyl (C=O) groups is 1. The van der Waals surface area contributed by atoms with Gasteiger partial charge in [0.2, 0.25) is 0 Å². The zero-order chi connectivity index (χ0) is 14.5. The van der Waals surface area contributed by atoms with Gasteiger partial charge in [0.05, 0.1) is 11.6 Å². The first-order chi connectivity index (χ1) is 9.60. The summed E-state index contributed by atoms with van der Waals surface area (Å²) in [5, 5.41) is 10.6. The molecular weight excluding hydrogens is 296 g/mol. The number of piperidine rings is 1. The van der Waals surface area contributed by atoms with E-state index in [4.69, 9.17) is 16.7 Å². The van der Waals surface area contributed by atoms with Crippen molar-refractivity contribution in [3.8, 4) is 0 Å². The second-order valence-electron chi connectivity index (χ2n) is 4.67. The van der Waals surface area contributed by atoms with E-state index in [-0.39, 0.29) is 5.92 Å². The molecule has 4 nitrogen and oxygen atoms in total. The summed E-state index contributed by atoms with van der Waals surface area (Å²) in [6.45, 7) is 1.48. The summed E-state index contributed by atoms with van der Waals surface area (Å²) >= 11 is 7.44. The van der Waals surface area contributed by atoms with Crippen LogP contribution in [0.25, 0.3) is 0 Å². The molecule has 0 saturated carbocycles. The van der Waals surface area contributed by atoms with Gasteiger partial charge in [0.25, 0.3) is 0 Å². The van der Waals surface area contributed by atoms with Crippen molar-refractivity contribution in [2.75, 3.05) is 19.3 Å². The Balaban J connectivity index is 2.05. The van der Waals surface area contributed by atoms with Crippen LogP contribution in [0, 0.1) is 5.92 Å². The first kappa shape index (κ1) is 15.2. The van der Waals surface area contributed by atoms with Crippen LogP contribution in [0.15, 0.2) is 29.3 Å². The summed E-state index contributed by atoms with van der Waals surface area (Å²) in [5.41, 5.74) is 0.860. The molecule has 1 aromatic carbocycles. The molecule has 0 unspecified atom stereocenters. The number of thioether (sulfide) groups is 1. The highest BCUT2D eigenvalue weighted by Crippen LogP contribution is 2.23. The lowest BCUT2D eigenvalue weighted by Crippen LogP contribution is -2.39. The van der Waals surface area contributed by atoms with Gasteiger partial charge < -0.3 is 10.0 Å². The van der Waals surface area contributed by atoms with Gasteiger partial charge >= 0.3 is 5.97 Å². The van der Waals surface area contributed by atoms with Crippen LogP contribution in [0.1, 0.15) is 12.8 Å². The third kappa shape index (κ3) is 3.90. The van der Waals surface area contributed by atoms with Crippen LogP contribution in [-0.4, -0.2) is 40.5 Å². The average Bonchev–Trinajstić information content (AvgIpc) is 2.47. The molecule has 6 heteroatoms. The summed E-state index contributed by atoms with van der Waals surface area (Å²) < 4.78 is 0. The maximum atomic E-state index is 11.0. The van der Waals surface area contributed by atoms with E-state index in [0.717, 1.165) is 23.9 Å². The van der Waals surface area contributed by atoms with Crippen molar-refractivity contribution in [1.82, 2.24) is 4.90 Å². The van der Waals surface area contributed by atoms with E-state index in [9.17, 15) is 4.79 Å². The third-order valence-electron chi connectivity index (χ3n) is 3.35. The molecule has 1 heterocycles. The number of carboxylic acid groups (broad SMARTS) is 1. The van der Waals surface area contributed by atoms with Gasteiger partial charge in [-0.3, -0.25) is 4.79 Å². The minimum Gasteiger partial charge on any atom is -0.481 e. The van der Waals surface area contributed by atoms with E-state index in [1.807, 2.05) is 30.5 Å². The van der Waals surface area contributed by atoms with Crippen molar-refractivity contribution in [2.45, 2.75) is 12.8 Å². The molecule has 20 heavy (non-hydrogen) atoms. The zero-order valence-corrected chi connectivity index (χ0v) is 12.8. The largest absolute Gasteiger partial charge is 0.481 e. The Morgan fingerprint density at radius 1 is 1.35 bits per heavy atom. The van der Waals surface area contributed by atoms with Crippen molar-refractivity contribution >= 4 is 40.2 Å². The summed E-state index contributed by atoms with van der Waals surface area (Å²) in [6.07, 6.45) is 3.34. The number of rotatable bonds is 2. The van der Waals surface area contributed by atoms with E-state index in [1.54, 1.807) is 11.8 Å². The Morgan fingerprint density at radius 3 is 2.45 bits per heavy atom. The topological polar surface area (TPSA) is 52.9 Å². The van der Waals surface area contributed by atoms with Crippen LogP contribution in [-0.2, 0) is 4.79 Å². The number of nitrogens with zero attached hydrogens (tertiary/aromatic N) is 2. The smallest absolute Gasteiger partial charge is 0.306 e. The Hall–Kier alpha value is -1.20. The van der Waals surface area contributed by atoms with Gasteiger partial charge in [-0.15, -0.1) is 0 Å². The molecule has 2 rings (SSSR count). The second kappa shape index (κ2) is 6.99. The summed E-state index contributed by atoms with van der Waals surface area (Å²) in [4.78, 5) is 17.7. The fourth-order valence-corrected chi connectivity index (χ4v) is 2.95. The van der Waals surface area contributed by atoms with Crippen LogP contribution in [0.3, 0.4) is 0 Å². The number of aliphatic imine (C=N–C) groups is 1. The molecule has 0 aromatic heterocycles. The van der Waals surface area contributed by atoms with Crippen LogP contribution < -0.4 is 0 Å². The summed E-state index contributed by atoms with van der Waals surface area (Å²) in [5.74, 6) is -0.908. The van der Waals surface area contributed by atoms with Gasteiger partial charge in [-0.2, -0.15) is 0 Å². The first-order valence-electron chi connectivity index (χ1n) is 6.46. The number of hydrogen-bond acceptors (Lipinski definition) is 3. The zero-order valence-electron chi connectivity index (χ0n) is 11.3. The monoisotopic (exact) mass is 312 g/mol. The lowest BCUT2D eigenvalue weighted by Gasteiger charge is -2.31. The molecule has 108 valence electrons. The number of carboxylic acids is 1. The molecule has 0 spiro atoms. The minimum atomic E-state index is -0.690. The Kier molecular flexibility index (Phi) is 5.31. The molecule has 1 aliphatic heterocycles. The predicted molar refractivity (Wildman–Crippen MR) is 84.0 cm³/mol. The number of amidine groups is 1. The van der Waals surface area contributed by atoms with E-state index >= 15 is 0 Å². The molecule has 1 N–H and O–H groups in total. The molecule has 0 bridgehead atoms. The number of likely N-dealkylation sites (tertiary alicyclic amines) is 1. The molecule has 1 aromatic rings. The fraction of sp³-hybridized carbons (Fsp3) is 0.429. The summed E-state index contributed by atoms with van der Waals surface area (Å²) in [6, 6.07) is 7.38. The number of aliphatic carboxylic acids is 1. The lowest BCUT2D eigenvalue weighted by atomic mass is 9.98.